The van der Waals surface area contributed by atoms with Gasteiger partial charge in [-0.25, -0.2) is 0 Å². The summed E-state index contributed by atoms with van der Waals surface area (Å²) in [5, 5.41) is 3.74. The van der Waals surface area contributed by atoms with Crippen LogP contribution in [0.5, 0.6) is 0 Å². The second-order valence-corrected chi connectivity index (χ2v) is 8.57. The Balaban J connectivity index is 2.17. The van der Waals surface area contributed by atoms with Gasteiger partial charge in [0.1, 0.15) is 6.04 Å². The molecule has 0 fully saturated rings. The first-order chi connectivity index (χ1) is 13.3. The third kappa shape index (κ3) is 6.73. The Hall–Kier alpha value is -1.69. The molecule has 150 valence electrons. The summed E-state index contributed by atoms with van der Waals surface area (Å²) < 4.78 is 0. The molecule has 28 heavy (non-hydrogen) atoms. The summed E-state index contributed by atoms with van der Waals surface area (Å²) in [5.74, 6) is -0.0654. The van der Waals surface area contributed by atoms with Crippen molar-refractivity contribution in [3.63, 3.8) is 0 Å². The van der Waals surface area contributed by atoms with Crippen molar-refractivity contribution in [3.05, 3.63) is 64.1 Å². The lowest BCUT2D eigenvalue weighted by atomic mass is 10.1. The molecule has 0 aliphatic carbocycles. The van der Waals surface area contributed by atoms with Crippen LogP contribution in [-0.4, -0.2) is 34.6 Å². The van der Waals surface area contributed by atoms with E-state index in [-0.39, 0.29) is 30.2 Å². The molecular weight excluding hydrogens is 415 g/mol. The maximum atomic E-state index is 13.0. The number of hydrogen-bond donors (Lipinski definition) is 1. The van der Waals surface area contributed by atoms with E-state index in [4.69, 9.17) is 23.2 Å². The average molecular weight is 439 g/mol. The van der Waals surface area contributed by atoms with Crippen molar-refractivity contribution in [1.82, 2.24) is 10.2 Å². The highest BCUT2D eigenvalue weighted by molar-refractivity contribution is 8.00. The Morgan fingerprint density at radius 2 is 1.71 bits per heavy atom. The van der Waals surface area contributed by atoms with Gasteiger partial charge in [-0.05, 0) is 50.6 Å². The second kappa shape index (κ2) is 10.7. The van der Waals surface area contributed by atoms with E-state index >= 15 is 0 Å². The van der Waals surface area contributed by atoms with Crippen LogP contribution in [0.1, 0.15) is 26.3 Å². The van der Waals surface area contributed by atoms with E-state index in [2.05, 4.69) is 5.32 Å². The molecular formula is C21H24Cl2N2O2S. The van der Waals surface area contributed by atoms with E-state index in [0.717, 1.165) is 10.5 Å². The summed E-state index contributed by atoms with van der Waals surface area (Å²) in [4.78, 5) is 28.1. The minimum absolute atomic E-state index is 0.00410. The summed E-state index contributed by atoms with van der Waals surface area (Å²) in [6.07, 6.45) is 0. The Morgan fingerprint density at radius 3 is 2.32 bits per heavy atom. The second-order valence-electron chi connectivity index (χ2n) is 6.71. The fourth-order valence-corrected chi connectivity index (χ4v) is 3.69. The van der Waals surface area contributed by atoms with Gasteiger partial charge in [-0.3, -0.25) is 9.59 Å². The number of halogens is 2. The van der Waals surface area contributed by atoms with Crippen LogP contribution in [-0.2, 0) is 16.1 Å². The Bertz CT molecular complexity index is 815. The number of carbonyl (C=O) groups excluding carboxylic acids is 2. The number of thioether (sulfide) groups is 1. The van der Waals surface area contributed by atoms with E-state index in [1.54, 1.807) is 24.0 Å². The first-order valence-corrected chi connectivity index (χ1v) is 10.7. The Labute approximate surface area is 180 Å². The number of nitrogens with zero attached hydrogens (tertiary/aromatic N) is 1. The third-order valence-electron chi connectivity index (χ3n) is 4.04. The number of hydrogen-bond acceptors (Lipinski definition) is 3. The standard InChI is InChI=1S/C21H24Cl2N2O2S/c1-14(2)24-21(27)15(3)25(12-16-9-10-18(22)19(23)11-16)20(26)13-28-17-7-5-4-6-8-17/h4-11,14-15H,12-13H2,1-3H3,(H,24,27). The van der Waals surface area contributed by atoms with Gasteiger partial charge in [0.25, 0.3) is 0 Å². The van der Waals surface area contributed by atoms with Crippen LogP contribution in [0.3, 0.4) is 0 Å². The normalized spacial score (nSPS) is 11.9. The monoisotopic (exact) mass is 438 g/mol. The molecule has 0 aliphatic heterocycles. The molecule has 0 aromatic heterocycles. The van der Waals surface area contributed by atoms with Crippen molar-refractivity contribution < 1.29 is 9.59 Å². The SMILES string of the molecule is CC(C)NC(=O)C(C)N(Cc1ccc(Cl)c(Cl)c1)C(=O)CSc1ccccc1. The van der Waals surface area contributed by atoms with Crippen LogP contribution in [0, 0.1) is 0 Å². The van der Waals surface area contributed by atoms with Crippen molar-refractivity contribution >= 4 is 46.8 Å². The van der Waals surface area contributed by atoms with Crippen LogP contribution in [0.2, 0.25) is 10.0 Å². The topological polar surface area (TPSA) is 49.4 Å². The number of benzene rings is 2. The predicted molar refractivity (Wildman–Crippen MR) is 117 cm³/mol. The Morgan fingerprint density at radius 1 is 1.04 bits per heavy atom. The Kier molecular flexibility index (Phi) is 8.67. The molecule has 2 amide bonds. The first kappa shape index (κ1) is 22.6. The number of carbonyl (C=O) groups is 2. The van der Waals surface area contributed by atoms with Crippen molar-refractivity contribution in [2.75, 3.05) is 5.75 Å². The molecule has 4 nitrogen and oxygen atoms in total. The zero-order valence-electron chi connectivity index (χ0n) is 16.1. The van der Waals surface area contributed by atoms with Crippen molar-refractivity contribution in [2.45, 2.75) is 44.3 Å². The van der Waals surface area contributed by atoms with Crippen LogP contribution < -0.4 is 5.32 Å². The molecule has 7 heteroatoms. The van der Waals surface area contributed by atoms with Crippen molar-refractivity contribution in [3.8, 4) is 0 Å². The van der Waals surface area contributed by atoms with Gasteiger partial charge >= 0.3 is 0 Å². The molecule has 0 aliphatic rings. The van der Waals surface area contributed by atoms with Gasteiger partial charge in [0.05, 0.1) is 15.8 Å². The molecule has 0 spiro atoms. The molecule has 2 rings (SSSR count). The van der Waals surface area contributed by atoms with Crippen molar-refractivity contribution in [2.24, 2.45) is 0 Å². The van der Waals surface area contributed by atoms with Gasteiger partial charge in [-0.1, -0.05) is 47.5 Å². The van der Waals surface area contributed by atoms with Crippen LogP contribution in [0.25, 0.3) is 0 Å². The zero-order chi connectivity index (χ0) is 20.7. The van der Waals surface area contributed by atoms with Gasteiger partial charge in [0.15, 0.2) is 0 Å². The highest BCUT2D eigenvalue weighted by atomic mass is 35.5. The largest absolute Gasteiger partial charge is 0.352 e. The maximum Gasteiger partial charge on any atom is 0.242 e. The van der Waals surface area contributed by atoms with Gasteiger partial charge in [-0.15, -0.1) is 11.8 Å². The van der Waals surface area contributed by atoms with E-state index in [1.165, 1.54) is 11.8 Å². The van der Waals surface area contributed by atoms with Gasteiger partial charge < -0.3 is 10.2 Å². The molecule has 2 aromatic rings. The molecule has 0 heterocycles. The minimum Gasteiger partial charge on any atom is -0.352 e. The van der Waals surface area contributed by atoms with Crippen LogP contribution >= 0.6 is 35.0 Å². The average Bonchev–Trinajstić information content (AvgIpc) is 2.66. The summed E-state index contributed by atoms with van der Waals surface area (Å²) in [7, 11) is 0. The fraction of sp³-hybridized carbons (Fsp3) is 0.333. The van der Waals surface area contributed by atoms with Crippen LogP contribution in [0.4, 0.5) is 0 Å². The molecule has 1 N–H and O–H groups in total. The lowest BCUT2D eigenvalue weighted by Gasteiger charge is -2.29. The number of amides is 2. The molecule has 0 bridgehead atoms. The molecule has 0 saturated heterocycles. The molecule has 0 saturated carbocycles. The fourth-order valence-electron chi connectivity index (χ4n) is 2.57. The van der Waals surface area contributed by atoms with Crippen molar-refractivity contribution in [1.29, 1.82) is 0 Å². The quantitative estimate of drug-likeness (QED) is 0.587. The summed E-state index contributed by atoms with van der Waals surface area (Å²) in [5.41, 5.74) is 0.816. The summed E-state index contributed by atoms with van der Waals surface area (Å²) >= 11 is 13.5. The van der Waals surface area contributed by atoms with Gasteiger partial charge in [0, 0.05) is 17.5 Å². The minimum atomic E-state index is -0.610. The molecule has 0 radical (unpaired) electrons. The number of nitrogens with one attached hydrogen (secondary N) is 1. The maximum absolute atomic E-state index is 13.0. The molecule has 1 unspecified atom stereocenters. The highest BCUT2D eigenvalue weighted by Gasteiger charge is 2.26. The summed E-state index contributed by atoms with van der Waals surface area (Å²) in [6.45, 7) is 5.79. The summed E-state index contributed by atoms with van der Waals surface area (Å²) in [6, 6.07) is 14.3. The first-order valence-electron chi connectivity index (χ1n) is 8.99. The van der Waals surface area contributed by atoms with E-state index in [9.17, 15) is 9.59 Å². The highest BCUT2D eigenvalue weighted by Crippen LogP contribution is 2.24. The van der Waals surface area contributed by atoms with E-state index < -0.39 is 6.04 Å². The lowest BCUT2D eigenvalue weighted by molar-refractivity contribution is -0.138. The number of rotatable bonds is 8. The smallest absolute Gasteiger partial charge is 0.242 e. The van der Waals surface area contributed by atoms with Gasteiger partial charge in [-0.2, -0.15) is 0 Å². The lowest BCUT2D eigenvalue weighted by Crippen LogP contribution is -2.49. The molecule has 2 aromatic carbocycles. The third-order valence-corrected chi connectivity index (χ3v) is 5.78. The molecule has 1 atom stereocenters. The van der Waals surface area contributed by atoms with Gasteiger partial charge in [0.2, 0.25) is 11.8 Å². The zero-order valence-corrected chi connectivity index (χ0v) is 18.4. The predicted octanol–water partition coefficient (Wildman–Crippen LogP) is 5.03. The van der Waals surface area contributed by atoms with Crippen LogP contribution in [0.15, 0.2) is 53.4 Å². The van der Waals surface area contributed by atoms with E-state index in [0.29, 0.717) is 10.0 Å². The van der Waals surface area contributed by atoms with E-state index in [1.807, 2.05) is 50.2 Å².